The van der Waals surface area contributed by atoms with E-state index in [1.807, 2.05) is 7.05 Å². The minimum atomic E-state index is 0.627. The largest absolute Gasteiger partial charge is 0.379 e. The predicted octanol–water partition coefficient (Wildman–Crippen LogP) is 2.94. The topological polar surface area (TPSA) is 43.3 Å². The molecule has 0 aromatic heterocycles. The van der Waals surface area contributed by atoms with Crippen molar-refractivity contribution in [2.45, 2.75) is 57.2 Å². The number of ether oxygens (including phenoxy) is 1. The minimum absolute atomic E-state index is 0.627. The molecule has 3 fully saturated rings. The summed E-state index contributed by atoms with van der Waals surface area (Å²) in [4.78, 5) is 12.0. The van der Waals surface area contributed by atoms with Crippen LogP contribution in [0.15, 0.2) is 29.3 Å². The highest BCUT2D eigenvalue weighted by molar-refractivity contribution is 5.80. The molecule has 2 aliphatic heterocycles. The van der Waals surface area contributed by atoms with Crippen molar-refractivity contribution < 1.29 is 4.74 Å². The fraction of sp³-hybridized carbons (Fsp3) is 0.708. The maximum absolute atomic E-state index is 5.51. The molecular weight excluding hydrogens is 374 g/mol. The second-order valence-electron chi connectivity index (χ2n) is 9.01. The molecule has 1 N–H and O–H groups in total. The summed E-state index contributed by atoms with van der Waals surface area (Å²) in [5.41, 5.74) is 2.64. The van der Waals surface area contributed by atoms with Gasteiger partial charge in [-0.05, 0) is 37.0 Å². The van der Waals surface area contributed by atoms with Gasteiger partial charge in [0.1, 0.15) is 0 Å². The zero-order valence-corrected chi connectivity index (χ0v) is 18.9. The van der Waals surface area contributed by atoms with Crippen LogP contribution >= 0.6 is 0 Å². The quantitative estimate of drug-likeness (QED) is 0.594. The Kier molecular flexibility index (Phi) is 7.50. The average molecular weight is 414 g/mol. The third kappa shape index (κ3) is 5.27. The average Bonchev–Trinajstić information content (AvgIpc) is 3.31. The second kappa shape index (κ2) is 10.5. The third-order valence-corrected chi connectivity index (χ3v) is 7.15. The molecule has 0 spiro atoms. The summed E-state index contributed by atoms with van der Waals surface area (Å²) in [7, 11) is 4.15. The molecule has 166 valence electrons. The Balaban J connectivity index is 1.27. The summed E-state index contributed by atoms with van der Waals surface area (Å²) < 4.78 is 5.51. The van der Waals surface area contributed by atoms with Gasteiger partial charge < -0.3 is 19.9 Å². The van der Waals surface area contributed by atoms with Crippen LogP contribution in [0.5, 0.6) is 0 Å². The van der Waals surface area contributed by atoms with E-state index in [1.165, 1.54) is 49.8 Å². The minimum Gasteiger partial charge on any atom is -0.379 e. The molecule has 30 heavy (non-hydrogen) atoms. The van der Waals surface area contributed by atoms with Crippen LogP contribution in [-0.2, 0) is 11.3 Å². The van der Waals surface area contributed by atoms with Gasteiger partial charge in [-0.15, -0.1) is 0 Å². The van der Waals surface area contributed by atoms with Crippen molar-refractivity contribution in [3.63, 3.8) is 0 Å². The number of hydrogen-bond acceptors (Lipinski definition) is 4. The Morgan fingerprint density at radius 1 is 1.07 bits per heavy atom. The molecular formula is C24H39N5O. The Morgan fingerprint density at radius 3 is 2.50 bits per heavy atom. The lowest BCUT2D eigenvalue weighted by Gasteiger charge is -2.33. The summed E-state index contributed by atoms with van der Waals surface area (Å²) in [5, 5.41) is 3.58. The lowest BCUT2D eigenvalue weighted by molar-refractivity contribution is 0.0195. The molecule has 1 aromatic rings. The molecule has 1 saturated carbocycles. The van der Waals surface area contributed by atoms with E-state index in [2.05, 4.69) is 56.3 Å². The van der Waals surface area contributed by atoms with Gasteiger partial charge in [0.2, 0.25) is 0 Å². The zero-order valence-electron chi connectivity index (χ0n) is 18.9. The van der Waals surface area contributed by atoms with Gasteiger partial charge in [0.25, 0.3) is 0 Å². The van der Waals surface area contributed by atoms with E-state index in [0.717, 1.165) is 51.9 Å². The summed E-state index contributed by atoms with van der Waals surface area (Å²) in [6, 6.07) is 10.4. The number of likely N-dealkylation sites (tertiary alicyclic amines) is 1. The van der Waals surface area contributed by atoms with Crippen LogP contribution in [0.3, 0.4) is 0 Å². The SMILES string of the molecule is CN=C(NCc1ccc(N(C)C2CCCCC2)cc1)N1CCC(N2CCOCC2)C1. The lowest BCUT2D eigenvalue weighted by Crippen LogP contribution is -2.46. The van der Waals surface area contributed by atoms with Crippen LogP contribution in [0.2, 0.25) is 0 Å². The molecule has 2 saturated heterocycles. The van der Waals surface area contributed by atoms with Crippen molar-refractivity contribution in [3.8, 4) is 0 Å². The number of nitrogens with zero attached hydrogens (tertiary/aromatic N) is 4. The second-order valence-corrected chi connectivity index (χ2v) is 9.01. The first-order valence-corrected chi connectivity index (χ1v) is 11.8. The standard InChI is InChI=1S/C24H39N5O/c1-25-24(29-13-12-23(19-29)28-14-16-30-17-15-28)26-18-20-8-10-22(11-9-20)27(2)21-6-4-3-5-7-21/h8-11,21,23H,3-7,12-19H2,1-2H3,(H,25,26). The molecule has 6 heteroatoms. The lowest BCUT2D eigenvalue weighted by atomic mass is 9.94. The Morgan fingerprint density at radius 2 is 1.80 bits per heavy atom. The zero-order chi connectivity index (χ0) is 20.8. The van der Waals surface area contributed by atoms with Crippen molar-refractivity contribution >= 4 is 11.6 Å². The van der Waals surface area contributed by atoms with Gasteiger partial charge in [-0.1, -0.05) is 31.4 Å². The van der Waals surface area contributed by atoms with E-state index < -0.39 is 0 Å². The number of anilines is 1. The van der Waals surface area contributed by atoms with E-state index in [4.69, 9.17) is 4.74 Å². The Hall–Kier alpha value is -1.79. The molecule has 1 unspecified atom stereocenters. The summed E-state index contributed by atoms with van der Waals surface area (Å²) >= 11 is 0. The molecule has 0 bridgehead atoms. The van der Waals surface area contributed by atoms with E-state index in [9.17, 15) is 0 Å². The molecule has 1 atom stereocenters. The van der Waals surface area contributed by atoms with Crippen LogP contribution in [0.4, 0.5) is 5.69 Å². The van der Waals surface area contributed by atoms with Gasteiger partial charge in [0.15, 0.2) is 5.96 Å². The highest BCUT2D eigenvalue weighted by atomic mass is 16.5. The van der Waals surface area contributed by atoms with Crippen LogP contribution in [-0.4, -0.2) is 81.3 Å². The van der Waals surface area contributed by atoms with Crippen molar-refractivity contribution in [1.82, 2.24) is 15.1 Å². The molecule has 4 rings (SSSR count). The van der Waals surface area contributed by atoms with Gasteiger partial charge in [0, 0.05) is 64.6 Å². The molecule has 6 nitrogen and oxygen atoms in total. The number of hydrogen-bond donors (Lipinski definition) is 1. The van der Waals surface area contributed by atoms with Gasteiger partial charge in [-0.3, -0.25) is 9.89 Å². The van der Waals surface area contributed by atoms with Gasteiger partial charge in [-0.2, -0.15) is 0 Å². The van der Waals surface area contributed by atoms with Gasteiger partial charge >= 0.3 is 0 Å². The first-order chi connectivity index (χ1) is 14.7. The number of nitrogens with one attached hydrogen (secondary N) is 1. The highest BCUT2D eigenvalue weighted by Crippen LogP contribution is 2.26. The molecule has 0 radical (unpaired) electrons. The fourth-order valence-corrected chi connectivity index (χ4v) is 5.22. The first kappa shape index (κ1) is 21.4. The summed E-state index contributed by atoms with van der Waals surface area (Å²) in [6.07, 6.45) is 8.02. The van der Waals surface area contributed by atoms with Crippen LogP contribution in [0.1, 0.15) is 44.1 Å². The molecule has 1 aliphatic carbocycles. The maximum Gasteiger partial charge on any atom is 0.193 e. The van der Waals surface area contributed by atoms with E-state index in [1.54, 1.807) is 0 Å². The molecule has 2 heterocycles. The van der Waals surface area contributed by atoms with Crippen molar-refractivity contribution in [3.05, 3.63) is 29.8 Å². The van der Waals surface area contributed by atoms with Crippen LogP contribution in [0.25, 0.3) is 0 Å². The van der Waals surface area contributed by atoms with E-state index in [0.29, 0.717) is 12.1 Å². The summed E-state index contributed by atoms with van der Waals surface area (Å²) in [6.45, 7) is 6.82. The maximum atomic E-state index is 5.51. The first-order valence-electron chi connectivity index (χ1n) is 11.8. The monoisotopic (exact) mass is 413 g/mol. The van der Waals surface area contributed by atoms with Crippen molar-refractivity contribution in [2.24, 2.45) is 4.99 Å². The normalized spacial score (nSPS) is 24.3. The number of benzene rings is 1. The third-order valence-electron chi connectivity index (χ3n) is 7.15. The van der Waals surface area contributed by atoms with E-state index in [-0.39, 0.29) is 0 Å². The summed E-state index contributed by atoms with van der Waals surface area (Å²) in [5.74, 6) is 1.02. The van der Waals surface area contributed by atoms with Crippen LogP contribution in [0, 0.1) is 0 Å². The highest BCUT2D eigenvalue weighted by Gasteiger charge is 2.30. The smallest absolute Gasteiger partial charge is 0.193 e. The predicted molar refractivity (Wildman–Crippen MR) is 124 cm³/mol. The number of rotatable bonds is 5. The van der Waals surface area contributed by atoms with Gasteiger partial charge in [-0.25, -0.2) is 0 Å². The van der Waals surface area contributed by atoms with Crippen molar-refractivity contribution in [1.29, 1.82) is 0 Å². The molecule has 3 aliphatic rings. The fourth-order valence-electron chi connectivity index (χ4n) is 5.22. The Bertz CT molecular complexity index is 679. The molecule has 0 amide bonds. The number of morpholine rings is 1. The van der Waals surface area contributed by atoms with E-state index >= 15 is 0 Å². The Labute approximate surface area is 182 Å². The van der Waals surface area contributed by atoms with Crippen molar-refractivity contribution in [2.75, 3.05) is 58.4 Å². The number of guanidine groups is 1. The molecule has 1 aromatic carbocycles. The number of aliphatic imine (C=N–C) groups is 1. The van der Waals surface area contributed by atoms with Crippen LogP contribution < -0.4 is 10.2 Å². The van der Waals surface area contributed by atoms with Gasteiger partial charge in [0.05, 0.1) is 13.2 Å².